The number of amides is 1. The van der Waals surface area contributed by atoms with E-state index in [4.69, 9.17) is 25.8 Å². The highest BCUT2D eigenvalue weighted by molar-refractivity contribution is 6.30. The third-order valence-electron chi connectivity index (χ3n) is 4.08. The molecular weight excluding hydrogens is 372 g/mol. The Balaban J connectivity index is 2.05. The van der Waals surface area contributed by atoms with Crippen molar-refractivity contribution >= 4 is 29.2 Å². The Morgan fingerprint density at radius 1 is 1.33 bits per heavy atom. The minimum atomic E-state index is -1.04. The van der Waals surface area contributed by atoms with Crippen molar-refractivity contribution in [1.82, 2.24) is 4.98 Å². The molecule has 0 saturated heterocycles. The van der Waals surface area contributed by atoms with Crippen LogP contribution in [0, 0.1) is 0 Å². The van der Waals surface area contributed by atoms with E-state index in [9.17, 15) is 9.59 Å². The highest BCUT2D eigenvalue weighted by Gasteiger charge is 2.35. The Bertz CT molecular complexity index is 858. The molecular formula is C19H19ClN2O5. The Hall–Kier alpha value is -2.64. The topological polar surface area (TPSA) is 86.8 Å². The van der Waals surface area contributed by atoms with Crippen LogP contribution in [0.3, 0.4) is 0 Å². The number of hydrogen-bond acceptors (Lipinski definition) is 6. The number of carbonyl (C=O) groups is 2. The van der Waals surface area contributed by atoms with Crippen molar-refractivity contribution in [3.05, 3.63) is 52.7 Å². The first-order chi connectivity index (χ1) is 13.0. The van der Waals surface area contributed by atoms with E-state index >= 15 is 0 Å². The summed E-state index contributed by atoms with van der Waals surface area (Å²) in [6.07, 6.45) is -0.358. The van der Waals surface area contributed by atoms with Crippen molar-refractivity contribution in [1.29, 1.82) is 0 Å². The fourth-order valence-corrected chi connectivity index (χ4v) is 3.08. The molecule has 2 aromatic rings. The number of halogens is 1. The van der Waals surface area contributed by atoms with E-state index < -0.39 is 24.1 Å². The maximum atomic E-state index is 12.6. The Morgan fingerprint density at radius 2 is 2.15 bits per heavy atom. The molecule has 0 saturated carbocycles. The zero-order valence-corrected chi connectivity index (χ0v) is 15.7. The van der Waals surface area contributed by atoms with E-state index in [0.717, 1.165) is 0 Å². The smallest absolute Gasteiger partial charge is 0.308 e. The molecule has 0 radical (unpaired) electrons. The molecule has 1 aromatic heterocycles. The summed E-state index contributed by atoms with van der Waals surface area (Å²) in [6.45, 7) is 1.93. The number of fused-ring (bicyclic) bond motifs is 1. The maximum Gasteiger partial charge on any atom is 0.308 e. The number of esters is 1. The van der Waals surface area contributed by atoms with Gasteiger partial charge in [-0.05, 0) is 37.3 Å². The molecule has 3 rings (SSSR count). The van der Waals surface area contributed by atoms with Crippen molar-refractivity contribution in [2.45, 2.75) is 25.6 Å². The summed E-state index contributed by atoms with van der Waals surface area (Å²) in [4.78, 5) is 28.7. The van der Waals surface area contributed by atoms with Gasteiger partial charge in [0.2, 0.25) is 5.88 Å². The van der Waals surface area contributed by atoms with E-state index in [2.05, 4.69) is 10.3 Å². The van der Waals surface area contributed by atoms with Crippen LogP contribution in [0.15, 0.2) is 36.5 Å². The number of benzene rings is 1. The van der Waals surface area contributed by atoms with Gasteiger partial charge in [-0.25, -0.2) is 4.98 Å². The number of rotatable bonds is 5. The minimum absolute atomic E-state index is 0.208. The van der Waals surface area contributed by atoms with Gasteiger partial charge >= 0.3 is 5.97 Å². The summed E-state index contributed by atoms with van der Waals surface area (Å²) in [5.74, 6) is -0.590. The lowest BCUT2D eigenvalue weighted by Crippen LogP contribution is -2.32. The van der Waals surface area contributed by atoms with Gasteiger partial charge in [-0.1, -0.05) is 11.6 Å². The fraction of sp³-hybridized carbons (Fsp3) is 0.316. The SMILES string of the molecule is CCOC(=O)CC1OC(c2cccnc2OC)c2cc(Cl)ccc2NC1=O. The number of ether oxygens (including phenoxy) is 3. The molecule has 1 aliphatic heterocycles. The standard InChI is InChI=1S/C19H19ClN2O5/c1-3-26-16(23)10-15-18(24)22-14-7-6-11(20)9-13(14)17(27-15)12-5-4-8-21-19(12)25-2/h4-9,15,17H,3,10H2,1-2H3,(H,22,24). The van der Waals surface area contributed by atoms with Crippen molar-refractivity contribution in [2.75, 3.05) is 19.0 Å². The molecule has 1 amide bonds. The van der Waals surface area contributed by atoms with Gasteiger partial charge in [0.15, 0.2) is 0 Å². The average Bonchev–Trinajstić information content (AvgIpc) is 2.79. The first-order valence-electron chi connectivity index (χ1n) is 8.43. The lowest BCUT2D eigenvalue weighted by molar-refractivity contribution is -0.150. The van der Waals surface area contributed by atoms with Gasteiger partial charge in [-0.2, -0.15) is 0 Å². The maximum absolute atomic E-state index is 12.6. The third kappa shape index (κ3) is 4.20. The number of pyridine rings is 1. The van der Waals surface area contributed by atoms with Crippen LogP contribution in [0.2, 0.25) is 5.02 Å². The zero-order valence-electron chi connectivity index (χ0n) is 14.9. The normalized spacial score (nSPS) is 18.9. The number of carbonyl (C=O) groups excluding carboxylic acids is 2. The van der Waals surface area contributed by atoms with E-state index in [1.165, 1.54) is 7.11 Å². The molecule has 0 aliphatic carbocycles. The molecule has 0 spiro atoms. The monoisotopic (exact) mass is 390 g/mol. The number of hydrogen-bond donors (Lipinski definition) is 1. The summed E-state index contributed by atoms with van der Waals surface area (Å²) >= 11 is 6.17. The number of anilines is 1. The van der Waals surface area contributed by atoms with E-state index in [1.54, 1.807) is 43.5 Å². The second-order valence-electron chi connectivity index (χ2n) is 5.84. The van der Waals surface area contributed by atoms with Gasteiger partial charge in [-0.15, -0.1) is 0 Å². The average molecular weight is 391 g/mol. The third-order valence-corrected chi connectivity index (χ3v) is 4.32. The molecule has 0 fully saturated rings. The van der Waals surface area contributed by atoms with Crippen LogP contribution in [-0.4, -0.2) is 36.7 Å². The van der Waals surface area contributed by atoms with E-state index in [-0.39, 0.29) is 13.0 Å². The molecule has 1 aromatic carbocycles. The molecule has 2 atom stereocenters. The quantitative estimate of drug-likeness (QED) is 0.789. The van der Waals surface area contributed by atoms with Gasteiger partial charge in [0.05, 0.1) is 20.1 Å². The molecule has 1 aliphatic rings. The van der Waals surface area contributed by atoms with Crippen molar-refractivity contribution in [3.8, 4) is 5.88 Å². The number of aromatic nitrogens is 1. The molecule has 2 heterocycles. The zero-order chi connectivity index (χ0) is 19.4. The van der Waals surface area contributed by atoms with Gasteiger partial charge in [-0.3, -0.25) is 9.59 Å². The van der Waals surface area contributed by atoms with Gasteiger partial charge in [0, 0.05) is 28.0 Å². The second-order valence-corrected chi connectivity index (χ2v) is 6.27. The summed E-state index contributed by atoms with van der Waals surface area (Å²) < 4.78 is 16.4. The summed E-state index contributed by atoms with van der Waals surface area (Å²) in [6, 6.07) is 8.61. The van der Waals surface area contributed by atoms with Crippen molar-refractivity contribution in [3.63, 3.8) is 0 Å². The predicted molar refractivity (Wildman–Crippen MR) is 98.8 cm³/mol. The Labute approximate surface area is 161 Å². The van der Waals surface area contributed by atoms with E-state index in [1.807, 2.05) is 0 Å². The lowest BCUT2D eigenvalue weighted by Gasteiger charge is -2.22. The molecule has 27 heavy (non-hydrogen) atoms. The molecule has 8 heteroatoms. The molecule has 7 nitrogen and oxygen atoms in total. The van der Waals surface area contributed by atoms with Crippen LogP contribution in [0.1, 0.15) is 30.6 Å². The van der Waals surface area contributed by atoms with Gasteiger partial charge < -0.3 is 19.5 Å². The second kappa shape index (κ2) is 8.37. The lowest BCUT2D eigenvalue weighted by atomic mass is 10.0. The first-order valence-corrected chi connectivity index (χ1v) is 8.81. The van der Waals surface area contributed by atoms with Gasteiger partial charge in [0.1, 0.15) is 12.2 Å². The van der Waals surface area contributed by atoms with E-state index in [0.29, 0.717) is 27.7 Å². The summed E-state index contributed by atoms with van der Waals surface area (Å²) in [7, 11) is 1.50. The van der Waals surface area contributed by atoms with Crippen LogP contribution in [0.4, 0.5) is 5.69 Å². The Kier molecular flexibility index (Phi) is 5.93. The molecule has 0 bridgehead atoms. The Morgan fingerprint density at radius 3 is 2.89 bits per heavy atom. The minimum Gasteiger partial charge on any atom is -0.481 e. The highest BCUT2D eigenvalue weighted by atomic mass is 35.5. The van der Waals surface area contributed by atoms with Crippen LogP contribution in [-0.2, 0) is 19.1 Å². The summed E-state index contributed by atoms with van der Waals surface area (Å²) in [5.41, 5.74) is 1.81. The number of methoxy groups -OCH3 is 1. The van der Waals surface area contributed by atoms with Crippen LogP contribution in [0.5, 0.6) is 5.88 Å². The van der Waals surface area contributed by atoms with Crippen LogP contribution >= 0.6 is 11.6 Å². The van der Waals surface area contributed by atoms with Crippen molar-refractivity contribution < 1.29 is 23.8 Å². The summed E-state index contributed by atoms with van der Waals surface area (Å²) in [5, 5.41) is 3.28. The van der Waals surface area contributed by atoms with Crippen molar-refractivity contribution in [2.24, 2.45) is 0 Å². The largest absolute Gasteiger partial charge is 0.481 e. The highest BCUT2D eigenvalue weighted by Crippen LogP contribution is 2.39. The van der Waals surface area contributed by atoms with Crippen LogP contribution in [0.25, 0.3) is 0 Å². The van der Waals surface area contributed by atoms with Gasteiger partial charge in [0.25, 0.3) is 5.91 Å². The fourth-order valence-electron chi connectivity index (χ4n) is 2.90. The predicted octanol–water partition coefficient (Wildman–Crippen LogP) is 3.12. The van der Waals surface area contributed by atoms with Crippen LogP contribution < -0.4 is 10.1 Å². The molecule has 1 N–H and O–H groups in total. The molecule has 142 valence electrons. The number of nitrogens with one attached hydrogen (secondary N) is 1. The number of nitrogens with zero attached hydrogens (tertiary/aromatic N) is 1. The molecule has 2 unspecified atom stereocenters. The first kappa shape index (κ1) is 19.1.